The molecule has 246 valence electrons. The van der Waals surface area contributed by atoms with E-state index in [2.05, 4.69) is 15.5 Å². The molecule has 1 saturated carbocycles. The molecule has 3 aromatic rings. The molecular weight excluding hydrogens is 625 g/mol. The van der Waals surface area contributed by atoms with Crippen LogP contribution in [0.2, 0.25) is 0 Å². The topological polar surface area (TPSA) is 133 Å². The van der Waals surface area contributed by atoms with Crippen LogP contribution in [0.1, 0.15) is 53.6 Å². The van der Waals surface area contributed by atoms with E-state index in [1.165, 1.54) is 10.7 Å². The van der Waals surface area contributed by atoms with Crippen LogP contribution < -0.4 is 10.6 Å². The number of nitrogens with one attached hydrogen (secondary N) is 2. The summed E-state index contributed by atoms with van der Waals surface area (Å²) in [6.45, 7) is 4.06. The summed E-state index contributed by atoms with van der Waals surface area (Å²) in [7, 11) is -7.47. The molecule has 1 aliphatic heterocycles. The Labute approximate surface area is 272 Å². The first-order valence-electron chi connectivity index (χ1n) is 15.7. The van der Waals surface area contributed by atoms with Crippen LogP contribution in [0.4, 0.5) is 11.4 Å². The van der Waals surface area contributed by atoms with E-state index >= 15 is 0 Å². The van der Waals surface area contributed by atoms with Crippen molar-refractivity contribution < 1.29 is 26.4 Å². The molecule has 0 atom stereocenters. The number of sulfonamides is 1. The van der Waals surface area contributed by atoms with Crippen LogP contribution in [-0.4, -0.2) is 75.4 Å². The highest BCUT2D eigenvalue weighted by molar-refractivity contribution is 8.06. The van der Waals surface area contributed by atoms with Gasteiger partial charge in [0.15, 0.2) is 14.9 Å². The molecule has 0 spiro atoms. The van der Waals surface area contributed by atoms with Crippen LogP contribution in [-0.2, 0) is 31.2 Å². The Bertz CT molecular complexity index is 1780. The number of hydrogen-bond acceptors (Lipinski definition) is 7. The van der Waals surface area contributed by atoms with Gasteiger partial charge in [-0.15, -0.1) is 0 Å². The van der Waals surface area contributed by atoms with Gasteiger partial charge in [0.2, 0.25) is 15.9 Å². The maximum Gasteiger partial charge on any atom is 0.255 e. The molecule has 3 aromatic carbocycles. The third-order valence-corrected chi connectivity index (χ3v) is 12.7. The first kappa shape index (κ1) is 33.8. The number of benzene rings is 3. The molecule has 0 bridgehead atoms. The number of carbonyl (C=O) groups is 2. The smallest absolute Gasteiger partial charge is 0.255 e. The Morgan fingerprint density at radius 1 is 0.804 bits per heavy atom. The van der Waals surface area contributed by atoms with E-state index in [0.29, 0.717) is 30.9 Å². The van der Waals surface area contributed by atoms with E-state index in [-0.39, 0.29) is 30.8 Å². The Kier molecular flexibility index (Phi) is 10.6. The molecule has 0 radical (unpaired) electrons. The van der Waals surface area contributed by atoms with Crippen LogP contribution >= 0.6 is 0 Å². The molecule has 1 aliphatic carbocycles. The summed E-state index contributed by atoms with van der Waals surface area (Å²) >= 11 is 0. The lowest BCUT2D eigenvalue weighted by atomic mass is 9.88. The lowest BCUT2D eigenvalue weighted by Gasteiger charge is -2.33. The van der Waals surface area contributed by atoms with Crippen molar-refractivity contribution in [3.05, 3.63) is 83.4 Å². The number of carbonyl (C=O) groups excluding carboxylic acids is 2. The number of anilines is 2. The summed E-state index contributed by atoms with van der Waals surface area (Å²) in [4.78, 5) is 27.9. The monoisotopic (exact) mass is 666 g/mol. The van der Waals surface area contributed by atoms with Crippen molar-refractivity contribution in [3.63, 3.8) is 0 Å². The summed E-state index contributed by atoms with van der Waals surface area (Å²) in [6, 6.07) is 21.0. The van der Waals surface area contributed by atoms with E-state index in [4.69, 9.17) is 0 Å². The number of hydrogen-bond donors (Lipinski definition) is 2. The summed E-state index contributed by atoms with van der Waals surface area (Å²) < 4.78 is 48.9. The molecule has 12 heteroatoms. The fraction of sp³-hybridized carbons (Fsp3) is 0.412. The fourth-order valence-electron chi connectivity index (χ4n) is 6.17. The van der Waals surface area contributed by atoms with Crippen molar-refractivity contribution in [2.45, 2.75) is 45.6 Å². The van der Waals surface area contributed by atoms with Gasteiger partial charge in [0.1, 0.15) is 0 Å². The normalized spacial score (nSPS) is 17.0. The van der Waals surface area contributed by atoms with Crippen molar-refractivity contribution in [1.29, 1.82) is 0 Å². The van der Waals surface area contributed by atoms with Gasteiger partial charge in [0, 0.05) is 61.8 Å². The minimum atomic E-state index is -3.84. The number of amides is 2. The molecule has 0 unspecified atom stereocenters. The van der Waals surface area contributed by atoms with Crippen molar-refractivity contribution >= 4 is 43.0 Å². The van der Waals surface area contributed by atoms with Crippen molar-refractivity contribution in [3.8, 4) is 11.1 Å². The largest absolute Gasteiger partial charge is 0.326 e. The van der Waals surface area contributed by atoms with Gasteiger partial charge in [0.05, 0.1) is 0 Å². The molecule has 2 N–H and O–H groups in total. The fourth-order valence-corrected chi connectivity index (χ4v) is 9.65. The van der Waals surface area contributed by atoms with Crippen LogP contribution in [0.5, 0.6) is 0 Å². The predicted molar refractivity (Wildman–Crippen MR) is 182 cm³/mol. The Morgan fingerprint density at radius 2 is 1.50 bits per heavy atom. The molecule has 1 heterocycles. The third kappa shape index (κ3) is 9.03. The molecule has 0 aromatic heterocycles. The molecular formula is C34H42N4O6S2. The number of aryl methyl sites for hydroxylation is 1. The molecule has 46 heavy (non-hydrogen) atoms. The van der Waals surface area contributed by atoms with Gasteiger partial charge in [-0.05, 0) is 78.4 Å². The van der Waals surface area contributed by atoms with Crippen LogP contribution in [0.3, 0.4) is 0 Å². The highest BCUT2D eigenvalue weighted by atomic mass is 32.3. The second-order valence-electron chi connectivity index (χ2n) is 12.4. The lowest BCUT2D eigenvalue weighted by molar-refractivity contribution is -0.120. The van der Waals surface area contributed by atoms with Gasteiger partial charge < -0.3 is 10.6 Å². The Morgan fingerprint density at radius 3 is 2.15 bits per heavy atom. The zero-order valence-corrected chi connectivity index (χ0v) is 28.0. The van der Waals surface area contributed by atoms with E-state index in [0.717, 1.165) is 59.9 Å². The van der Waals surface area contributed by atoms with E-state index in [9.17, 15) is 26.4 Å². The van der Waals surface area contributed by atoms with E-state index < -0.39 is 24.9 Å². The standard InChI is InChI=1S/C34H42N4O6S2/c1-25-21-29(13-16-32(25)28-9-6-10-31(22-28)36-33(39)27-7-4-3-5-8-27)34(40)35-30-14-11-26(12-15-30)23-37-17-19-38(20-18-37)46(43,44)24-45(2,41)42/h6,9-16,21-22,27H,3-5,7-8,17-20,23-24H2,1-2H3,(H,35,40)(H,36,39). The number of nitrogens with zero attached hydrogens (tertiary/aromatic N) is 2. The SMILES string of the molecule is Cc1cc(C(=O)Nc2ccc(CN3CCN(S(=O)(=O)CS(C)(=O)=O)CC3)cc2)ccc1-c1cccc(NC(=O)C2CCCCC2)c1. The van der Waals surface area contributed by atoms with E-state index in [1.807, 2.05) is 67.6 Å². The quantitative estimate of drug-likeness (QED) is 0.315. The zero-order valence-electron chi connectivity index (χ0n) is 26.4. The minimum absolute atomic E-state index is 0.0825. The molecule has 1 saturated heterocycles. The summed E-state index contributed by atoms with van der Waals surface area (Å²) in [5, 5.41) is 5.18. The maximum atomic E-state index is 13.1. The lowest BCUT2D eigenvalue weighted by Crippen LogP contribution is -2.49. The zero-order chi connectivity index (χ0) is 32.9. The molecule has 2 aliphatic rings. The molecule has 5 rings (SSSR count). The van der Waals surface area contributed by atoms with Gasteiger partial charge in [-0.3, -0.25) is 14.5 Å². The average Bonchev–Trinajstić information content (AvgIpc) is 3.01. The summed E-state index contributed by atoms with van der Waals surface area (Å²) in [5.74, 6) is -0.0468. The molecule has 2 fully saturated rings. The Balaban J connectivity index is 1.14. The summed E-state index contributed by atoms with van der Waals surface area (Å²) in [6.07, 6.45) is 6.24. The molecule has 10 nitrogen and oxygen atoms in total. The number of piperazine rings is 1. The third-order valence-electron chi connectivity index (χ3n) is 8.61. The van der Waals surface area contributed by atoms with Gasteiger partial charge in [0.25, 0.3) is 5.91 Å². The maximum absolute atomic E-state index is 13.1. The van der Waals surface area contributed by atoms with Crippen molar-refractivity contribution in [2.75, 3.05) is 48.2 Å². The predicted octanol–water partition coefficient (Wildman–Crippen LogP) is 4.88. The van der Waals surface area contributed by atoms with Gasteiger partial charge in [-0.2, -0.15) is 4.31 Å². The Hall–Kier alpha value is -3.58. The highest BCUT2D eigenvalue weighted by Gasteiger charge is 2.30. The second kappa shape index (κ2) is 14.5. The van der Waals surface area contributed by atoms with Crippen LogP contribution in [0.25, 0.3) is 11.1 Å². The highest BCUT2D eigenvalue weighted by Crippen LogP contribution is 2.29. The minimum Gasteiger partial charge on any atom is -0.326 e. The van der Waals surface area contributed by atoms with E-state index in [1.54, 1.807) is 6.07 Å². The van der Waals surface area contributed by atoms with Crippen molar-refractivity contribution in [1.82, 2.24) is 9.21 Å². The van der Waals surface area contributed by atoms with Crippen molar-refractivity contribution in [2.24, 2.45) is 5.92 Å². The average molecular weight is 667 g/mol. The van der Waals surface area contributed by atoms with Gasteiger partial charge >= 0.3 is 0 Å². The second-order valence-corrected chi connectivity index (χ2v) is 16.9. The summed E-state index contributed by atoms with van der Waals surface area (Å²) in [5.41, 5.74) is 5.90. The molecule has 2 amide bonds. The number of rotatable bonds is 10. The van der Waals surface area contributed by atoms with Gasteiger partial charge in [-0.25, -0.2) is 16.8 Å². The van der Waals surface area contributed by atoms with Gasteiger partial charge in [-0.1, -0.05) is 49.6 Å². The first-order chi connectivity index (χ1) is 21.9. The van der Waals surface area contributed by atoms with Crippen LogP contribution in [0, 0.1) is 12.8 Å². The first-order valence-corrected chi connectivity index (χ1v) is 19.3. The number of sulfone groups is 1. The van der Waals surface area contributed by atoms with Crippen LogP contribution in [0.15, 0.2) is 66.7 Å².